The highest BCUT2D eigenvalue weighted by Crippen LogP contribution is 2.03. The molecule has 0 unspecified atom stereocenters. The van der Waals surface area contributed by atoms with E-state index in [2.05, 4.69) is 11.9 Å². The summed E-state index contributed by atoms with van der Waals surface area (Å²) in [4.78, 5) is 4.11. The summed E-state index contributed by atoms with van der Waals surface area (Å²) in [5.74, 6) is 0. The standard InChI is InChI=1S/C9H14N2O/c1-2-5-12-7-9-6-8(10)3-4-11-9/h3-4,6H,2,5,7H2,1H3,(H2,10,11). The van der Waals surface area contributed by atoms with E-state index < -0.39 is 0 Å². The Bertz CT molecular complexity index is 238. The molecule has 0 aromatic carbocycles. The number of nitrogen functional groups attached to an aromatic ring is 1. The van der Waals surface area contributed by atoms with Gasteiger partial charge in [0.25, 0.3) is 0 Å². The molecule has 0 atom stereocenters. The van der Waals surface area contributed by atoms with Crippen LogP contribution in [0.25, 0.3) is 0 Å². The van der Waals surface area contributed by atoms with E-state index in [1.165, 1.54) is 0 Å². The number of nitrogens with zero attached hydrogens (tertiary/aromatic N) is 1. The normalized spacial score (nSPS) is 10.1. The van der Waals surface area contributed by atoms with Crippen molar-refractivity contribution in [2.24, 2.45) is 0 Å². The second-order valence-electron chi connectivity index (χ2n) is 2.63. The number of hydrogen-bond donors (Lipinski definition) is 1. The van der Waals surface area contributed by atoms with Crippen molar-refractivity contribution < 1.29 is 4.74 Å². The Labute approximate surface area is 72.6 Å². The Morgan fingerprint density at radius 3 is 3.08 bits per heavy atom. The molecule has 0 radical (unpaired) electrons. The number of ether oxygens (including phenoxy) is 1. The summed E-state index contributed by atoms with van der Waals surface area (Å²) in [6, 6.07) is 3.60. The lowest BCUT2D eigenvalue weighted by atomic mass is 10.3. The molecule has 0 spiro atoms. The van der Waals surface area contributed by atoms with Gasteiger partial charge < -0.3 is 10.5 Å². The summed E-state index contributed by atoms with van der Waals surface area (Å²) in [6.07, 6.45) is 2.72. The van der Waals surface area contributed by atoms with Gasteiger partial charge in [0.15, 0.2) is 0 Å². The van der Waals surface area contributed by atoms with Crippen molar-refractivity contribution >= 4 is 5.69 Å². The number of nitrogens with two attached hydrogens (primary N) is 1. The fourth-order valence-electron chi connectivity index (χ4n) is 0.897. The van der Waals surface area contributed by atoms with Crippen molar-refractivity contribution in [3.63, 3.8) is 0 Å². The van der Waals surface area contributed by atoms with Gasteiger partial charge in [-0.05, 0) is 18.6 Å². The lowest BCUT2D eigenvalue weighted by molar-refractivity contribution is 0.119. The Hall–Kier alpha value is -1.09. The maximum Gasteiger partial charge on any atom is 0.0888 e. The predicted octanol–water partition coefficient (Wildman–Crippen LogP) is 1.59. The molecular formula is C9H14N2O. The number of anilines is 1. The number of aromatic nitrogens is 1. The first-order chi connectivity index (χ1) is 5.83. The minimum atomic E-state index is 0.554. The van der Waals surface area contributed by atoms with Gasteiger partial charge in [0.05, 0.1) is 12.3 Å². The summed E-state index contributed by atoms with van der Waals surface area (Å²) < 4.78 is 5.31. The van der Waals surface area contributed by atoms with E-state index in [1.54, 1.807) is 12.3 Å². The summed E-state index contributed by atoms with van der Waals surface area (Å²) in [5.41, 5.74) is 7.20. The first-order valence-corrected chi connectivity index (χ1v) is 4.11. The zero-order chi connectivity index (χ0) is 8.81. The van der Waals surface area contributed by atoms with Crippen molar-refractivity contribution in [1.82, 2.24) is 4.98 Å². The summed E-state index contributed by atoms with van der Waals surface area (Å²) in [5, 5.41) is 0. The van der Waals surface area contributed by atoms with Gasteiger partial charge in [0.2, 0.25) is 0 Å². The van der Waals surface area contributed by atoms with Crippen molar-refractivity contribution in [1.29, 1.82) is 0 Å². The van der Waals surface area contributed by atoms with Crippen LogP contribution in [-0.4, -0.2) is 11.6 Å². The first kappa shape index (κ1) is 9.00. The highest BCUT2D eigenvalue weighted by Gasteiger charge is 1.93. The molecule has 0 saturated carbocycles. The minimum Gasteiger partial charge on any atom is -0.399 e. The molecule has 1 aromatic rings. The molecule has 66 valence electrons. The maximum absolute atomic E-state index is 5.57. The largest absolute Gasteiger partial charge is 0.399 e. The molecule has 1 heterocycles. The molecule has 0 fully saturated rings. The van der Waals surface area contributed by atoms with Gasteiger partial charge in [0, 0.05) is 18.5 Å². The van der Waals surface area contributed by atoms with Crippen LogP contribution in [0.1, 0.15) is 19.0 Å². The van der Waals surface area contributed by atoms with Gasteiger partial charge in [-0.25, -0.2) is 0 Å². The monoisotopic (exact) mass is 166 g/mol. The number of pyridine rings is 1. The molecule has 12 heavy (non-hydrogen) atoms. The van der Waals surface area contributed by atoms with Crippen LogP contribution < -0.4 is 5.73 Å². The van der Waals surface area contributed by atoms with Crippen molar-refractivity contribution in [2.45, 2.75) is 20.0 Å². The second-order valence-corrected chi connectivity index (χ2v) is 2.63. The van der Waals surface area contributed by atoms with E-state index in [9.17, 15) is 0 Å². The third-order valence-corrected chi connectivity index (χ3v) is 1.44. The molecule has 2 N–H and O–H groups in total. The topological polar surface area (TPSA) is 48.1 Å². The van der Waals surface area contributed by atoms with E-state index in [4.69, 9.17) is 10.5 Å². The molecule has 1 rings (SSSR count). The van der Waals surface area contributed by atoms with E-state index in [0.717, 1.165) is 24.4 Å². The third-order valence-electron chi connectivity index (χ3n) is 1.44. The van der Waals surface area contributed by atoms with Crippen LogP contribution in [0.15, 0.2) is 18.3 Å². The smallest absolute Gasteiger partial charge is 0.0888 e. The summed E-state index contributed by atoms with van der Waals surface area (Å²) in [7, 11) is 0. The molecule has 1 aromatic heterocycles. The van der Waals surface area contributed by atoms with Gasteiger partial charge in [0.1, 0.15) is 0 Å². The van der Waals surface area contributed by atoms with Gasteiger partial charge in [-0.15, -0.1) is 0 Å². The van der Waals surface area contributed by atoms with E-state index in [1.807, 2.05) is 6.07 Å². The van der Waals surface area contributed by atoms with Crippen LogP contribution in [0, 0.1) is 0 Å². The highest BCUT2D eigenvalue weighted by molar-refractivity contribution is 5.36. The quantitative estimate of drug-likeness (QED) is 0.691. The average molecular weight is 166 g/mol. The van der Waals surface area contributed by atoms with Crippen molar-refractivity contribution in [3.05, 3.63) is 24.0 Å². The van der Waals surface area contributed by atoms with E-state index in [0.29, 0.717) is 6.61 Å². The zero-order valence-corrected chi connectivity index (χ0v) is 7.29. The van der Waals surface area contributed by atoms with Crippen molar-refractivity contribution in [2.75, 3.05) is 12.3 Å². The lowest BCUT2D eigenvalue weighted by Gasteiger charge is -2.01. The number of hydrogen-bond acceptors (Lipinski definition) is 3. The zero-order valence-electron chi connectivity index (χ0n) is 7.29. The predicted molar refractivity (Wildman–Crippen MR) is 48.6 cm³/mol. The molecule has 0 saturated heterocycles. The molecule has 0 aliphatic heterocycles. The van der Waals surface area contributed by atoms with Crippen LogP contribution in [0.4, 0.5) is 5.69 Å². The molecule has 0 amide bonds. The van der Waals surface area contributed by atoms with Crippen LogP contribution in [0.2, 0.25) is 0 Å². The van der Waals surface area contributed by atoms with Crippen LogP contribution in [0.3, 0.4) is 0 Å². The fourth-order valence-corrected chi connectivity index (χ4v) is 0.897. The summed E-state index contributed by atoms with van der Waals surface area (Å²) in [6.45, 7) is 3.40. The second kappa shape index (κ2) is 4.72. The first-order valence-electron chi connectivity index (χ1n) is 4.11. The molecule has 3 nitrogen and oxygen atoms in total. The van der Waals surface area contributed by atoms with E-state index >= 15 is 0 Å². The highest BCUT2D eigenvalue weighted by atomic mass is 16.5. The Morgan fingerprint density at radius 2 is 2.42 bits per heavy atom. The van der Waals surface area contributed by atoms with Gasteiger partial charge in [-0.1, -0.05) is 6.92 Å². The van der Waals surface area contributed by atoms with Crippen LogP contribution in [-0.2, 0) is 11.3 Å². The molecular weight excluding hydrogens is 152 g/mol. The molecule has 0 aliphatic rings. The average Bonchev–Trinajstić information content (AvgIpc) is 2.05. The SMILES string of the molecule is CCCOCc1cc(N)ccn1. The third kappa shape index (κ3) is 2.88. The maximum atomic E-state index is 5.57. The Morgan fingerprint density at radius 1 is 1.58 bits per heavy atom. The lowest BCUT2D eigenvalue weighted by Crippen LogP contribution is -1.97. The molecule has 0 bridgehead atoms. The van der Waals surface area contributed by atoms with Gasteiger partial charge in [-0.3, -0.25) is 4.98 Å². The minimum absolute atomic E-state index is 0.554. The van der Waals surface area contributed by atoms with Gasteiger partial charge >= 0.3 is 0 Å². The molecule has 3 heteroatoms. The summed E-state index contributed by atoms with van der Waals surface area (Å²) >= 11 is 0. The van der Waals surface area contributed by atoms with Crippen LogP contribution in [0.5, 0.6) is 0 Å². The van der Waals surface area contributed by atoms with Crippen LogP contribution >= 0.6 is 0 Å². The van der Waals surface area contributed by atoms with E-state index in [-0.39, 0.29) is 0 Å². The molecule has 0 aliphatic carbocycles. The Kier molecular flexibility index (Phi) is 3.54. The Balaban J connectivity index is 2.41. The number of rotatable bonds is 4. The fraction of sp³-hybridized carbons (Fsp3) is 0.444. The van der Waals surface area contributed by atoms with Gasteiger partial charge in [-0.2, -0.15) is 0 Å². The van der Waals surface area contributed by atoms with Crippen molar-refractivity contribution in [3.8, 4) is 0 Å².